The van der Waals surface area contributed by atoms with Gasteiger partial charge in [0.1, 0.15) is 22.9 Å². The highest BCUT2D eigenvalue weighted by Crippen LogP contribution is 2.41. The minimum absolute atomic E-state index is 0.0609. The summed E-state index contributed by atoms with van der Waals surface area (Å²) in [6.07, 6.45) is 4.64. The van der Waals surface area contributed by atoms with Crippen LogP contribution in [0, 0.1) is 0 Å². The van der Waals surface area contributed by atoms with Crippen molar-refractivity contribution in [3.63, 3.8) is 0 Å². The molecule has 1 aliphatic carbocycles. The molecule has 0 bridgehead atoms. The summed E-state index contributed by atoms with van der Waals surface area (Å²) in [6, 6.07) is 6.53. The van der Waals surface area contributed by atoms with E-state index in [-0.39, 0.29) is 44.8 Å². The standard InChI is InChI=1S/C22H23Cl2N3O6S/c1-32-18-8-7-15(11-19(18)34(30,31)26-13-5-3-2-4-6-13)33-21-16(23)9-14(10-17(21)24)27-12-20(28)25-22(27)29/h7-11,13,26H,2-6,12H2,1H3,(H,25,28,29). The van der Waals surface area contributed by atoms with Crippen molar-refractivity contribution in [2.24, 2.45) is 0 Å². The van der Waals surface area contributed by atoms with E-state index in [1.54, 1.807) is 0 Å². The molecule has 0 spiro atoms. The fourth-order valence-electron chi connectivity index (χ4n) is 4.00. The number of benzene rings is 2. The maximum absolute atomic E-state index is 13.1. The van der Waals surface area contributed by atoms with Crippen molar-refractivity contribution in [2.45, 2.75) is 43.0 Å². The van der Waals surface area contributed by atoms with Crippen LogP contribution >= 0.6 is 23.2 Å². The van der Waals surface area contributed by atoms with E-state index in [0.717, 1.165) is 32.1 Å². The molecule has 0 atom stereocenters. The van der Waals surface area contributed by atoms with Crippen LogP contribution in [0.4, 0.5) is 10.5 Å². The minimum atomic E-state index is -3.87. The summed E-state index contributed by atoms with van der Waals surface area (Å²) in [5, 5.41) is 2.33. The molecule has 1 saturated carbocycles. The maximum atomic E-state index is 13.1. The lowest BCUT2D eigenvalue weighted by Crippen LogP contribution is -2.36. The third-order valence-electron chi connectivity index (χ3n) is 5.66. The van der Waals surface area contributed by atoms with Crippen molar-refractivity contribution in [3.8, 4) is 17.2 Å². The predicted octanol–water partition coefficient (Wildman–Crippen LogP) is 4.46. The number of nitrogens with zero attached hydrogens (tertiary/aromatic N) is 1. The van der Waals surface area contributed by atoms with Gasteiger partial charge < -0.3 is 9.47 Å². The highest BCUT2D eigenvalue weighted by molar-refractivity contribution is 7.89. The first-order valence-electron chi connectivity index (χ1n) is 10.7. The first-order valence-corrected chi connectivity index (χ1v) is 12.9. The summed E-state index contributed by atoms with van der Waals surface area (Å²) in [7, 11) is -2.48. The zero-order valence-electron chi connectivity index (χ0n) is 18.3. The lowest BCUT2D eigenvalue weighted by Gasteiger charge is -2.23. The topological polar surface area (TPSA) is 114 Å². The van der Waals surface area contributed by atoms with E-state index in [1.807, 2.05) is 0 Å². The van der Waals surface area contributed by atoms with E-state index in [1.165, 1.54) is 42.3 Å². The van der Waals surface area contributed by atoms with Crippen molar-refractivity contribution >= 4 is 50.9 Å². The van der Waals surface area contributed by atoms with E-state index >= 15 is 0 Å². The molecule has 12 heteroatoms. The molecule has 1 heterocycles. The fourth-order valence-corrected chi connectivity index (χ4v) is 6.04. The lowest BCUT2D eigenvalue weighted by molar-refractivity contribution is -0.117. The SMILES string of the molecule is COc1ccc(Oc2c(Cl)cc(N3CC(=O)NC3=O)cc2Cl)cc1S(=O)(=O)NC1CCCCC1. The highest BCUT2D eigenvalue weighted by atomic mass is 35.5. The van der Waals surface area contributed by atoms with Gasteiger partial charge in [0, 0.05) is 17.8 Å². The van der Waals surface area contributed by atoms with Gasteiger partial charge in [-0.1, -0.05) is 42.5 Å². The predicted molar refractivity (Wildman–Crippen MR) is 128 cm³/mol. The smallest absolute Gasteiger partial charge is 0.329 e. The summed E-state index contributed by atoms with van der Waals surface area (Å²) < 4.78 is 40.1. The molecule has 1 saturated heterocycles. The van der Waals surface area contributed by atoms with E-state index in [4.69, 9.17) is 32.7 Å². The van der Waals surface area contributed by atoms with Crippen LogP contribution < -0.4 is 24.4 Å². The normalized spacial score (nSPS) is 17.1. The number of hydrogen-bond donors (Lipinski definition) is 2. The summed E-state index contributed by atoms with van der Waals surface area (Å²) in [4.78, 5) is 24.5. The second kappa shape index (κ2) is 9.99. The quantitative estimate of drug-likeness (QED) is 0.513. The van der Waals surface area contributed by atoms with Gasteiger partial charge in [0.2, 0.25) is 15.9 Å². The van der Waals surface area contributed by atoms with Crippen LogP contribution in [0.15, 0.2) is 35.2 Å². The van der Waals surface area contributed by atoms with Gasteiger partial charge in [0.25, 0.3) is 0 Å². The van der Waals surface area contributed by atoms with Crippen molar-refractivity contribution < 1.29 is 27.5 Å². The molecule has 182 valence electrons. The number of hydrogen-bond acceptors (Lipinski definition) is 6. The zero-order chi connectivity index (χ0) is 24.5. The van der Waals surface area contributed by atoms with E-state index in [2.05, 4.69) is 10.0 Å². The van der Waals surface area contributed by atoms with Crippen molar-refractivity contribution in [2.75, 3.05) is 18.6 Å². The van der Waals surface area contributed by atoms with E-state index in [9.17, 15) is 18.0 Å². The Bertz CT molecular complexity index is 1210. The second-order valence-corrected chi connectivity index (χ2v) is 10.5. The molecule has 2 N–H and O–H groups in total. The van der Waals surface area contributed by atoms with Crippen LogP contribution in [0.1, 0.15) is 32.1 Å². The Kier molecular flexibility index (Phi) is 7.22. The number of carbonyl (C=O) groups is 2. The number of urea groups is 1. The Hall–Kier alpha value is -2.53. The van der Waals surface area contributed by atoms with Crippen molar-refractivity contribution in [1.82, 2.24) is 10.0 Å². The fraction of sp³-hybridized carbons (Fsp3) is 0.364. The molecule has 3 amide bonds. The molecule has 0 aromatic heterocycles. The number of methoxy groups -OCH3 is 1. The van der Waals surface area contributed by atoms with Crippen LogP contribution in [0.5, 0.6) is 17.2 Å². The van der Waals surface area contributed by atoms with Crippen LogP contribution in [-0.2, 0) is 14.8 Å². The Morgan fingerprint density at radius 1 is 1.06 bits per heavy atom. The lowest BCUT2D eigenvalue weighted by atomic mass is 9.96. The average molecular weight is 528 g/mol. The number of anilines is 1. The van der Waals surface area contributed by atoms with Gasteiger partial charge in [-0.05, 0) is 37.1 Å². The van der Waals surface area contributed by atoms with Gasteiger partial charge in [-0.3, -0.25) is 15.0 Å². The Morgan fingerprint density at radius 3 is 2.32 bits per heavy atom. The number of carbonyl (C=O) groups excluding carboxylic acids is 2. The first kappa shape index (κ1) is 24.6. The number of rotatable bonds is 7. The molecular formula is C22H23Cl2N3O6S. The van der Waals surface area contributed by atoms with Crippen molar-refractivity contribution in [1.29, 1.82) is 0 Å². The molecule has 4 rings (SSSR count). The molecule has 2 fully saturated rings. The summed E-state index contributed by atoms with van der Waals surface area (Å²) in [5.74, 6) is -0.0125. The summed E-state index contributed by atoms with van der Waals surface area (Å²) >= 11 is 12.7. The molecule has 2 aromatic carbocycles. The number of imide groups is 1. The van der Waals surface area contributed by atoms with Crippen LogP contribution in [0.25, 0.3) is 0 Å². The molecule has 34 heavy (non-hydrogen) atoms. The molecule has 0 radical (unpaired) electrons. The van der Waals surface area contributed by atoms with Crippen molar-refractivity contribution in [3.05, 3.63) is 40.4 Å². The molecule has 2 aromatic rings. The van der Waals surface area contributed by atoms with Gasteiger partial charge in [-0.2, -0.15) is 0 Å². The monoisotopic (exact) mass is 527 g/mol. The molecule has 0 unspecified atom stereocenters. The number of halogens is 2. The van der Waals surface area contributed by atoms with E-state index < -0.39 is 22.0 Å². The molecule has 2 aliphatic rings. The van der Waals surface area contributed by atoms with Crippen LogP contribution in [0.2, 0.25) is 10.0 Å². The molecule has 1 aliphatic heterocycles. The number of amides is 3. The number of sulfonamides is 1. The number of nitrogens with one attached hydrogen (secondary N) is 2. The summed E-state index contributed by atoms with van der Waals surface area (Å²) in [6.45, 7) is -0.153. The third kappa shape index (κ3) is 5.25. The molecule has 9 nitrogen and oxygen atoms in total. The maximum Gasteiger partial charge on any atom is 0.329 e. The third-order valence-corrected chi connectivity index (χ3v) is 7.76. The van der Waals surface area contributed by atoms with Crippen LogP contribution in [0.3, 0.4) is 0 Å². The largest absolute Gasteiger partial charge is 0.495 e. The molecular weight excluding hydrogens is 505 g/mol. The minimum Gasteiger partial charge on any atom is -0.495 e. The second-order valence-electron chi connectivity index (χ2n) is 8.05. The first-order chi connectivity index (χ1) is 16.2. The van der Waals surface area contributed by atoms with Gasteiger partial charge in [0.05, 0.1) is 17.2 Å². The van der Waals surface area contributed by atoms with Gasteiger partial charge in [0.15, 0.2) is 5.75 Å². The average Bonchev–Trinajstić information content (AvgIpc) is 3.14. The Labute approximate surface area is 207 Å². The zero-order valence-corrected chi connectivity index (χ0v) is 20.6. The Balaban J connectivity index is 1.61. The Morgan fingerprint density at radius 2 is 1.74 bits per heavy atom. The van der Waals surface area contributed by atoms with Gasteiger partial charge in [-0.15, -0.1) is 0 Å². The highest BCUT2D eigenvalue weighted by Gasteiger charge is 2.30. The number of ether oxygens (including phenoxy) is 2. The van der Waals surface area contributed by atoms with Gasteiger partial charge >= 0.3 is 6.03 Å². The summed E-state index contributed by atoms with van der Waals surface area (Å²) in [5.41, 5.74) is 0.320. The van der Waals surface area contributed by atoms with E-state index in [0.29, 0.717) is 5.69 Å². The van der Waals surface area contributed by atoms with Crippen LogP contribution in [-0.4, -0.2) is 40.1 Å². The van der Waals surface area contributed by atoms with Gasteiger partial charge in [-0.25, -0.2) is 17.9 Å².